The van der Waals surface area contributed by atoms with Crippen LogP contribution in [0.15, 0.2) is 53.6 Å². The normalized spacial score (nSPS) is 27.0. The van der Waals surface area contributed by atoms with Crippen LogP contribution in [0.4, 0.5) is 0 Å². The van der Waals surface area contributed by atoms with Gasteiger partial charge in [0.15, 0.2) is 0 Å². The molecule has 4 heteroatoms. The molecule has 1 aromatic rings. The molecule has 0 amide bonds. The topological polar surface area (TPSA) is 55.8 Å². The van der Waals surface area contributed by atoms with Gasteiger partial charge in [0.05, 0.1) is 6.42 Å². The van der Waals surface area contributed by atoms with E-state index < -0.39 is 17.2 Å². The van der Waals surface area contributed by atoms with Crippen molar-refractivity contribution in [1.82, 2.24) is 0 Å². The molecule has 154 valence electrons. The standard InChI is InChI=1S/C24H34O4/c1-18(11-12-21-9-7-6-8-10-21)13-19(2)14-20(3)15-23(4)17-24(5,28-27-23)16-22(25)26/h6-11,13,20H,12,14-17H2,1-5H3,(H,25,26)/b18-11+,19-13+/t20-,23+,24-/m1/s1. The van der Waals surface area contributed by atoms with E-state index >= 15 is 0 Å². The van der Waals surface area contributed by atoms with E-state index in [1.807, 2.05) is 19.9 Å². The highest BCUT2D eigenvalue weighted by Crippen LogP contribution is 2.42. The number of benzene rings is 1. The molecular formula is C24H34O4. The molecule has 28 heavy (non-hydrogen) atoms. The lowest BCUT2D eigenvalue weighted by atomic mass is 9.81. The second kappa shape index (κ2) is 9.53. The Balaban J connectivity index is 1.87. The van der Waals surface area contributed by atoms with E-state index in [0.717, 1.165) is 19.3 Å². The highest BCUT2D eigenvalue weighted by molar-refractivity contribution is 5.68. The Kier molecular flexibility index (Phi) is 7.62. The minimum absolute atomic E-state index is 0.0404. The average Bonchev–Trinajstić information content (AvgIpc) is 2.87. The lowest BCUT2D eigenvalue weighted by Gasteiger charge is -2.25. The Morgan fingerprint density at radius 1 is 1.18 bits per heavy atom. The van der Waals surface area contributed by atoms with Gasteiger partial charge in [0, 0.05) is 6.42 Å². The van der Waals surface area contributed by atoms with E-state index in [4.69, 9.17) is 14.9 Å². The third-order valence-electron chi connectivity index (χ3n) is 5.14. The molecule has 4 nitrogen and oxygen atoms in total. The van der Waals surface area contributed by atoms with E-state index in [0.29, 0.717) is 12.3 Å². The molecule has 3 atom stereocenters. The summed E-state index contributed by atoms with van der Waals surface area (Å²) in [5, 5.41) is 9.06. The minimum Gasteiger partial charge on any atom is -0.481 e. The highest BCUT2D eigenvalue weighted by atomic mass is 17.2. The van der Waals surface area contributed by atoms with Gasteiger partial charge in [0.25, 0.3) is 0 Å². The van der Waals surface area contributed by atoms with Crippen molar-refractivity contribution in [1.29, 1.82) is 0 Å². The lowest BCUT2D eigenvalue weighted by Crippen LogP contribution is -2.31. The molecule has 1 aliphatic rings. The molecule has 1 aromatic carbocycles. The molecule has 2 rings (SSSR count). The number of hydrogen-bond acceptors (Lipinski definition) is 3. The molecule has 1 aliphatic heterocycles. The van der Waals surface area contributed by atoms with Gasteiger partial charge in [-0.2, -0.15) is 0 Å². The first kappa shape index (κ1) is 22.4. The van der Waals surface area contributed by atoms with Crippen molar-refractivity contribution < 1.29 is 19.7 Å². The number of rotatable bonds is 9. The SMILES string of the molecule is CC(=C\Cc1ccccc1)/C=C(\C)C[C@@H](C)C[C@@]1(C)C[C@@](C)(CC(=O)O)OO1. The first-order valence-corrected chi connectivity index (χ1v) is 10.1. The molecular weight excluding hydrogens is 352 g/mol. The summed E-state index contributed by atoms with van der Waals surface area (Å²) < 4.78 is 0. The number of carbonyl (C=O) groups is 1. The summed E-state index contributed by atoms with van der Waals surface area (Å²) in [5.41, 5.74) is 2.74. The quantitative estimate of drug-likeness (QED) is 0.425. The molecule has 0 radical (unpaired) electrons. The predicted molar refractivity (Wildman–Crippen MR) is 112 cm³/mol. The zero-order chi connectivity index (χ0) is 20.8. The molecule has 1 N–H and O–H groups in total. The molecule has 0 aromatic heterocycles. The molecule has 1 heterocycles. The van der Waals surface area contributed by atoms with Gasteiger partial charge in [-0.05, 0) is 58.4 Å². The first-order valence-electron chi connectivity index (χ1n) is 10.1. The number of carboxylic acids is 1. The average molecular weight is 387 g/mol. The van der Waals surface area contributed by atoms with Crippen molar-refractivity contribution in [3.63, 3.8) is 0 Å². The summed E-state index contributed by atoms with van der Waals surface area (Å²) in [5.74, 6) is -0.445. The predicted octanol–water partition coefficient (Wildman–Crippen LogP) is 5.88. The second-order valence-corrected chi connectivity index (χ2v) is 8.96. The molecule has 0 unspecified atom stereocenters. The summed E-state index contributed by atoms with van der Waals surface area (Å²) >= 11 is 0. The highest BCUT2D eigenvalue weighted by Gasteiger charge is 2.47. The third-order valence-corrected chi connectivity index (χ3v) is 5.14. The fourth-order valence-electron chi connectivity index (χ4n) is 4.33. The largest absolute Gasteiger partial charge is 0.481 e. The van der Waals surface area contributed by atoms with Crippen molar-refractivity contribution >= 4 is 5.97 Å². The fraction of sp³-hybridized carbons (Fsp3) is 0.542. The van der Waals surface area contributed by atoms with Crippen LogP contribution in [0.2, 0.25) is 0 Å². The molecule has 0 aliphatic carbocycles. The van der Waals surface area contributed by atoms with Gasteiger partial charge in [-0.15, -0.1) is 0 Å². The molecule has 1 fully saturated rings. The van der Waals surface area contributed by atoms with Crippen LogP contribution in [-0.4, -0.2) is 22.3 Å². The maximum atomic E-state index is 11.0. The maximum absolute atomic E-state index is 11.0. The van der Waals surface area contributed by atoms with E-state index in [-0.39, 0.29) is 6.42 Å². The third kappa shape index (κ3) is 7.25. The van der Waals surface area contributed by atoms with Crippen LogP contribution < -0.4 is 0 Å². The van der Waals surface area contributed by atoms with Crippen molar-refractivity contribution in [3.05, 3.63) is 59.2 Å². The van der Waals surface area contributed by atoms with Crippen LogP contribution in [0.1, 0.15) is 65.9 Å². The Hall–Kier alpha value is -1.91. The van der Waals surface area contributed by atoms with Crippen LogP contribution in [0.3, 0.4) is 0 Å². The van der Waals surface area contributed by atoms with E-state index in [2.05, 4.69) is 57.2 Å². The van der Waals surface area contributed by atoms with Gasteiger partial charge in [0.1, 0.15) is 11.2 Å². The molecule has 0 spiro atoms. The van der Waals surface area contributed by atoms with Crippen LogP contribution in [-0.2, 0) is 21.0 Å². The van der Waals surface area contributed by atoms with Gasteiger partial charge in [-0.3, -0.25) is 4.79 Å². The summed E-state index contributed by atoms with van der Waals surface area (Å²) in [7, 11) is 0. The zero-order valence-corrected chi connectivity index (χ0v) is 17.8. The number of hydrogen-bond donors (Lipinski definition) is 1. The fourth-order valence-corrected chi connectivity index (χ4v) is 4.33. The Bertz CT molecular complexity index is 721. The second-order valence-electron chi connectivity index (χ2n) is 8.96. The summed E-state index contributed by atoms with van der Waals surface area (Å²) in [6, 6.07) is 10.5. The lowest BCUT2D eigenvalue weighted by molar-refractivity contribution is -0.346. The van der Waals surface area contributed by atoms with Crippen LogP contribution in [0, 0.1) is 5.92 Å². The van der Waals surface area contributed by atoms with E-state index in [1.165, 1.54) is 16.7 Å². The van der Waals surface area contributed by atoms with Crippen LogP contribution >= 0.6 is 0 Å². The monoisotopic (exact) mass is 386 g/mol. The summed E-state index contributed by atoms with van der Waals surface area (Å²) in [6.07, 6.45) is 7.82. The smallest absolute Gasteiger partial charge is 0.306 e. The Morgan fingerprint density at radius 2 is 1.82 bits per heavy atom. The Labute approximate surface area is 169 Å². The van der Waals surface area contributed by atoms with E-state index in [9.17, 15) is 4.79 Å². The first-order chi connectivity index (χ1) is 13.1. The number of aliphatic carboxylic acids is 1. The molecule has 0 bridgehead atoms. The van der Waals surface area contributed by atoms with Gasteiger partial charge >= 0.3 is 5.97 Å². The minimum atomic E-state index is -0.861. The summed E-state index contributed by atoms with van der Waals surface area (Å²) in [6.45, 7) is 10.3. The zero-order valence-electron chi connectivity index (χ0n) is 17.8. The van der Waals surface area contributed by atoms with Crippen molar-refractivity contribution in [2.45, 2.75) is 77.9 Å². The van der Waals surface area contributed by atoms with E-state index in [1.54, 1.807) is 0 Å². The Morgan fingerprint density at radius 3 is 2.46 bits per heavy atom. The molecule has 1 saturated heterocycles. The summed E-state index contributed by atoms with van der Waals surface area (Å²) in [4.78, 5) is 22.0. The number of carboxylic acid groups (broad SMARTS) is 1. The van der Waals surface area contributed by atoms with Crippen LogP contribution in [0.5, 0.6) is 0 Å². The van der Waals surface area contributed by atoms with Gasteiger partial charge in [-0.1, -0.05) is 60.6 Å². The van der Waals surface area contributed by atoms with Gasteiger partial charge < -0.3 is 5.11 Å². The van der Waals surface area contributed by atoms with Crippen molar-refractivity contribution in [3.8, 4) is 0 Å². The van der Waals surface area contributed by atoms with Crippen LogP contribution in [0.25, 0.3) is 0 Å². The van der Waals surface area contributed by atoms with Gasteiger partial charge in [-0.25, -0.2) is 9.78 Å². The molecule has 0 saturated carbocycles. The van der Waals surface area contributed by atoms with Gasteiger partial charge in [0.2, 0.25) is 0 Å². The maximum Gasteiger partial charge on any atom is 0.306 e. The van der Waals surface area contributed by atoms with Crippen molar-refractivity contribution in [2.24, 2.45) is 5.92 Å². The van der Waals surface area contributed by atoms with Crippen molar-refractivity contribution in [2.75, 3.05) is 0 Å². The number of allylic oxidation sites excluding steroid dienone is 4.